The third-order valence-electron chi connectivity index (χ3n) is 2.04. The highest BCUT2D eigenvalue weighted by atomic mass is 17.2. The highest BCUT2D eigenvalue weighted by Gasteiger charge is 2.17. The molecule has 0 unspecified atom stereocenters. The van der Waals surface area contributed by atoms with Gasteiger partial charge in [-0.05, 0) is 26.7 Å². The first kappa shape index (κ1) is 19.2. The molecule has 0 atom stereocenters. The van der Waals surface area contributed by atoms with Crippen molar-refractivity contribution >= 4 is 11.9 Å². The van der Waals surface area contributed by atoms with Crippen molar-refractivity contribution in [2.45, 2.75) is 66.4 Å². The number of carbonyl (C=O) groups is 2. The van der Waals surface area contributed by atoms with Gasteiger partial charge >= 0.3 is 11.9 Å². The Morgan fingerprint density at radius 2 is 1.61 bits per heavy atom. The summed E-state index contributed by atoms with van der Waals surface area (Å²) >= 11 is 0. The fraction of sp³-hybridized carbons (Fsp3) is 0.846. The van der Waals surface area contributed by atoms with Crippen LogP contribution in [-0.4, -0.2) is 24.1 Å². The van der Waals surface area contributed by atoms with Crippen LogP contribution in [0.4, 0.5) is 0 Å². The fourth-order valence-corrected chi connectivity index (χ4v) is 0.591. The van der Waals surface area contributed by atoms with Crippen molar-refractivity contribution in [3.63, 3.8) is 0 Å². The predicted octanol–water partition coefficient (Wildman–Crippen LogP) is 3.02. The summed E-state index contributed by atoms with van der Waals surface area (Å²) in [6.45, 7) is 11.0. The summed E-state index contributed by atoms with van der Waals surface area (Å²) in [6.07, 6.45) is 2.85. The Bertz CT molecular complexity index is 236. The molecule has 0 aliphatic rings. The molecule has 0 N–H and O–H groups in total. The molecule has 0 aliphatic heterocycles. The topological polar surface area (TPSA) is 61.8 Å². The second-order valence-electron chi connectivity index (χ2n) is 4.47. The van der Waals surface area contributed by atoms with Gasteiger partial charge in [-0.15, -0.1) is 0 Å². The number of carbonyl (C=O) groups excluding carboxylic acids is 2. The molecule has 5 heteroatoms. The van der Waals surface area contributed by atoms with Crippen LogP contribution in [0.5, 0.6) is 0 Å². The Morgan fingerprint density at radius 1 is 1.06 bits per heavy atom. The average molecular weight is 262 g/mol. The van der Waals surface area contributed by atoms with Gasteiger partial charge in [-0.25, -0.2) is 4.79 Å². The van der Waals surface area contributed by atoms with Crippen molar-refractivity contribution < 1.29 is 24.1 Å². The number of esters is 1. The van der Waals surface area contributed by atoms with E-state index < -0.39 is 5.97 Å². The maximum atomic E-state index is 10.3. The van der Waals surface area contributed by atoms with Crippen molar-refractivity contribution in [2.24, 2.45) is 0 Å². The first-order chi connectivity index (χ1) is 8.25. The standard InChI is InChI=1S/C7H14O3.C6H12O2/c1-5-7(3,4)10-9-6(2)8;1-3-4-5-8-6(2)7/h5H2,1-4H3;3-5H2,1-2H3. The third-order valence-corrected chi connectivity index (χ3v) is 2.04. The van der Waals surface area contributed by atoms with Gasteiger partial charge in [0.15, 0.2) is 0 Å². The van der Waals surface area contributed by atoms with Gasteiger partial charge in [-0.3, -0.25) is 9.68 Å². The lowest BCUT2D eigenvalue weighted by molar-refractivity contribution is -0.323. The van der Waals surface area contributed by atoms with Crippen LogP contribution in [0.3, 0.4) is 0 Å². The third kappa shape index (κ3) is 17.3. The van der Waals surface area contributed by atoms with Crippen LogP contribution < -0.4 is 0 Å². The molecule has 0 bridgehead atoms. The van der Waals surface area contributed by atoms with Gasteiger partial charge < -0.3 is 4.74 Å². The number of hydrogen-bond acceptors (Lipinski definition) is 5. The normalized spacial score (nSPS) is 10.1. The van der Waals surface area contributed by atoms with Crippen LogP contribution in [0.15, 0.2) is 0 Å². The zero-order chi connectivity index (χ0) is 14.6. The van der Waals surface area contributed by atoms with Gasteiger partial charge in [0.2, 0.25) is 0 Å². The Kier molecular flexibility index (Phi) is 11.8. The summed E-state index contributed by atoms with van der Waals surface area (Å²) in [7, 11) is 0. The average Bonchev–Trinajstić information content (AvgIpc) is 2.27. The Hall–Kier alpha value is -1.10. The van der Waals surface area contributed by atoms with Crippen LogP contribution in [-0.2, 0) is 24.1 Å². The molecular weight excluding hydrogens is 236 g/mol. The Morgan fingerprint density at radius 3 is 1.94 bits per heavy atom. The lowest BCUT2D eigenvalue weighted by atomic mass is 10.1. The predicted molar refractivity (Wildman–Crippen MR) is 68.8 cm³/mol. The summed E-state index contributed by atoms with van der Waals surface area (Å²) in [6, 6.07) is 0. The highest BCUT2D eigenvalue weighted by Crippen LogP contribution is 2.13. The monoisotopic (exact) mass is 262 g/mol. The molecule has 5 nitrogen and oxygen atoms in total. The zero-order valence-corrected chi connectivity index (χ0v) is 12.4. The molecule has 0 fully saturated rings. The van der Waals surface area contributed by atoms with Gasteiger partial charge in [0.25, 0.3) is 0 Å². The Balaban J connectivity index is 0. The molecule has 0 spiro atoms. The molecule has 0 saturated heterocycles. The van der Waals surface area contributed by atoms with Gasteiger partial charge in [-0.1, -0.05) is 20.3 Å². The van der Waals surface area contributed by atoms with Crippen molar-refractivity contribution in [3.8, 4) is 0 Å². The van der Waals surface area contributed by atoms with E-state index in [1.807, 2.05) is 20.8 Å². The van der Waals surface area contributed by atoms with Crippen molar-refractivity contribution in [1.82, 2.24) is 0 Å². The van der Waals surface area contributed by atoms with Crippen molar-refractivity contribution in [2.75, 3.05) is 6.61 Å². The first-order valence-corrected chi connectivity index (χ1v) is 6.24. The van der Waals surface area contributed by atoms with E-state index in [2.05, 4.69) is 16.5 Å². The largest absolute Gasteiger partial charge is 0.466 e. The van der Waals surface area contributed by atoms with E-state index in [1.165, 1.54) is 13.8 Å². The molecular formula is C13H26O5. The molecule has 0 rings (SSSR count). The van der Waals surface area contributed by atoms with E-state index >= 15 is 0 Å². The van der Waals surface area contributed by atoms with Crippen LogP contribution in [0.2, 0.25) is 0 Å². The van der Waals surface area contributed by atoms with Crippen molar-refractivity contribution in [1.29, 1.82) is 0 Å². The summed E-state index contributed by atoms with van der Waals surface area (Å²) in [5.74, 6) is -0.597. The van der Waals surface area contributed by atoms with Gasteiger partial charge in [0.05, 0.1) is 6.61 Å². The number of rotatable bonds is 6. The van der Waals surface area contributed by atoms with Crippen molar-refractivity contribution in [3.05, 3.63) is 0 Å². The highest BCUT2D eigenvalue weighted by molar-refractivity contribution is 5.65. The maximum absolute atomic E-state index is 10.3. The SMILES string of the molecule is CCC(C)(C)OOC(C)=O.CCCCOC(C)=O. The minimum absolute atomic E-state index is 0.182. The first-order valence-electron chi connectivity index (χ1n) is 6.24. The van der Waals surface area contributed by atoms with Crippen LogP contribution in [0.1, 0.15) is 60.8 Å². The van der Waals surface area contributed by atoms with Gasteiger partial charge in [0.1, 0.15) is 5.60 Å². The lowest BCUT2D eigenvalue weighted by Crippen LogP contribution is -2.24. The quantitative estimate of drug-likeness (QED) is 0.319. The van der Waals surface area contributed by atoms with E-state index in [1.54, 1.807) is 0 Å². The van der Waals surface area contributed by atoms with E-state index in [-0.39, 0.29) is 11.6 Å². The molecule has 0 aromatic carbocycles. The molecule has 108 valence electrons. The molecule has 0 aromatic rings. The van der Waals surface area contributed by atoms with Gasteiger partial charge in [-0.2, -0.15) is 4.89 Å². The molecule has 0 aromatic heterocycles. The Labute approximate surface area is 110 Å². The van der Waals surface area contributed by atoms with E-state index in [0.29, 0.717) is 6.61 Å². The number of unbranched alkanes of at least 4 members (excludes halogenated alkanes) is 1. The summed E-state index contributed by atoms with van der Waals surface area (Å²) < 4.78 is 4.64. The number of ether oxygens (including phenoxy) is 1. The number of hydrogen-bond donors (Lipinski definition) is 0. The van der Waals surface area contributed by atoms with Crippen LogP contribution >= 0.6 is 0 Å². The van der Waals surface area contributed by atoms with E-state index in [9.17, 15) is 9.59 Å². The molecule has 0 saturated carbocycles. The minimum atomic E-state index is -0.415. The molecule has 0 aliphatic carbocycles. The minimum Gasteiger partial charge on any atom is -0.466 e. The smallest absolute Gasteiger partial charge is 0.339 e. The zero-order valence-electron chi connectivity index (χ0n) is 12.4. The summed E-state index contributed by atoms with van der Waals surface area (Å²) in [5, 5.41) is 0. The van der Waals surface area contributed by atoms with Gasteiger partial charge in [0, 0.05) is 13.8 Å². The summed E-state index contributed by atoms with van der Waals surface area (Å²) in [4.78, 5) is 29.5. The fourth-order valence-electron chi connectivity index (χ4n) is 0.591. The molecule has 0 heterocycles. The second kappa shape index (κ2) is 11.0. The van der Waals surface area contributed by atoms with Crippen LogP contribution in [0.25, 0.3) is 0 Å². The van der Waals surface area contributed by atoms with Crippen LogP contribution in [0, 0.1) is 0 Å². The maximum Gasteiger partial charge on any atom is 0.339 e. The second-order valence-corrected chi connectivity index (χ2v) is 4.47. The molecule has 0 radical (unpaired) electrons. The lowest BCUT2D eigenvalue weighted by Gasteiger charge is -2.19. The van der Waals surface area contributed by atoms with E-state index in [0.717, 1.165) is 19.3 Å². The summed E-state index contributed by atoms with van der Waals surface area (Å²) in [5.41, 5.74) is -0.369. The van der Waals surface area contributed by atoms with E-state index in [4.69, 9.17) is 4.89 Å². The molecule has 18 heavy (non-hydrogen) atoms. The molecule has 0 amide bonds.